The Hall–Kier alpha value is -0.610. The molecule has 4 heteroatoms. The lowest BCUT2D eigenvalue weighted by Crippen LogP contribution is -2.55. The Balaban J connectivity index is 2.48. The van der Waals surface area contributed by atoms with Gasteiger partial charge in [0.1, 0.15) is 0 Å². The van der Waals surface area contributed by atoms with Crippen LogP contribution < -0.4 is 11.1 Å². The van der Waals surface area contributed by atoms with Gasteiger partial charge in [0.15, 0.2) is 0 Å². The van der Waals surface area contributed by atoms with E-state index in [4.69, 9.17) is 5.73 Å². The van der Waals surface area contributed by atoms with E-state index in [9.17, 15) is 4.79 Å². The summed E-state index contributed by atoms with van der Waals surface area (Å²) in [6, 6.07) is 0. The molecule has 1 saturated heterocycles. The molecule has 1 rings (SSSR count). The van der Waals surface area contributed by atoms with Crippen molar-refractivity contribution in [1.29, 1.82) is 0 Å². The summed E-state index contributed by atoms with van der Waals surface area (Å²) in [6.45, 7) is 12.0. The predicted octanol–water partition coefficient (Wildman–Crippen LogP) is 1.60. The van der Waals surface area contributed by atoms with E-state index in [0.717, 1.165) is 19.0 Å². The van der Waals surface area contributed by atoms with E-state index in [2.05, 4.69) is 31.0 Å². The highest BCUT2D eigenvalue weighted by Crippen LogP contribution is 2.25. The van der Waals surface area contributed by atoms with E-state index >= 15 is 0 Å². The standard InChI is InChI=1S/C15H31N3O/c1-5-13-7-6-8-18(10-13)15(3,4)11-17-14(19)12(2)9-16/h12-13H,5-11,16H2,1-4H3,(H,17,19). The Labute approximate surface area is 118 Å². The van der Waals surface area contributed by atoms with E-state index in [-0.39, 0.29) is 17.4 Å². The van der Waals surface area contributed by atoms with Crippen molar-refractivity contribution in [3.05, 3.63) is 0 Å². The molecule has 0 spiro atoms. The quantitative estimate of drug-likeness (QED) is 0.770. The van der Waals surface area contributed by atoms with E-state index in [1.54, 1.807) is 0 Å². The van der Waals surface area contributed by atoms with Crippen molar-refractivity contribution in [3.8, 4) is 0 Å². The van der Waals surface area contributed by atoms with Gasteiger partial charge in [0, 0.05) is 31.1 Å². The molecule has 0 bridgehead atoms. The third-order valence-electron chi connectivity index (χ3n) is 4.45. The third kappa shape index (κ3) is 4.77. The molecule has 1 aliphatic heterocycles. The molecule has 19 heavy (non-hydrogen) atoms. The van der Waals surface area contributed by atoms with Crippen LogP contribution >= 0.6 is 0 Å². The van der Waals surface area contributed by atoms with Gasteiger partial charge in [-0.05, 0) is 39.2 Å². The average Bonchev–Trinajstić information content (AvgIpc) is 2.43. The molecule has 0 radical (unpaired) electrons. The second kappa shape index (κ2) is 7.25. The molecule has 1 amide bonds. The van der Waals surface area contributed by atoms with Crippen LogP contribution in [0, 0.1) is 11.8 Å². The number of likely N-dealkylation sites (tertiary alicyclic amines) is 1. The zero-order valence-corrected chi connectivity index (χ0v) is 13.0. The van der Waals surface area contributed by atoms with Crippen LogP contribution in [0.25, 0.3) is 0 Å². The van der Waals surface area contributed by atoms with Gasteiger partial charge in [0.25, 0.3) is 0 Å². The topological polar surface area (TPSA) is 58.4 Å². The minimum Gasteiger partial charge on any atom is -0.354 e. The molecular formula is C15H31N3O. The SMILES string of the molecule is CCC1CCCN(C(C)(C)CNC(=O)C(C)CN)C1. The molecule has 1 aliphatic rings. The van der Waals surface area contributed by atoms with E-state index in [1.165, 1.54) is 19.3 Å². The van der Waals surface area contributed by atoms with Gasteiger partial charge in [0.05, 0.1) is 0 Å². The van der Waals surface area contributed by atoms with Gasteiger partial charge in [-0.1, -0.05) is 20.3 Å². The summed E-state index contributed by atoms with van der Waals surface area (Å²) in [5.41, 5.74) is 5.55. The number of piperidine rings is 1. The van der Waals surface area contributed by atoms with Gasteiger partial charge < -0.3 is 11.1 Å². The first-order valence-corrected chi connectivity index (χ1v) is 7.63. The Morgan fingerprint density at radius 1 is 1.53 bits per heavy atom. The van der Waals surface area contributed by atoms with Crippen LogP contribution in [0.5, 0.6) is 0 Å². The number of nitrogens with zero attached hydrogens (tertiary/aromatic N) is 1. The Morgan fingerprint density at radius 3 is 2.79 bits per heavy atom. The summed E-state index contributed by atoms with van der Waals surface area (Å²) in [5, 5.41) is 3.04. The molecule has 112 valence electrons. The van der Waals surface area contributed by atoms with Gasteiger partial charge in [-0.2, -0.15) is 0 Å². The normalized spacial score (nSPS) is 23.1. The fourth-order valence-electron chi connectivity index (χ4n) is 2.64. The lowest BCUT2D eigenvalue weighted by molar-refractivity contribution is -0.124. The largest absolute Gasteiger partial charge is 0.354 e. The Bertz CT molecular complexity index is 291. The highest BCUT2D eigenvalue weighted by molar-refractivity contribution is 5.78. The molecule has 0 aliphatic carbocycles. The number of hydrogen-bond donors (Lipinski definition) is 2. The minimum absolute atomic E-state index is 0.0256. The van der Waals surface area contributed by atoms with Crippen LogP contribution in [0.4, 0.5) is 0 Å². The van der Waals surface area contributed by atoms with Crippen molar-refractivity contribution < 1.29 is 4.79 Å². The smallest absolute Gasteiger partial charge is 0.224 e. The Kier molecular flexibility index (Phi) is 6.27. The first-order valence-electron chi connectivity index (χ1n) is 7.63. The number of nitrogens with two attached hydrogens (primary N) is 1. The lowest BCUT2D eigenvalue weighted by Gasteiger charge is -2.43. The number of hydrogen-bond acceptors (Lipinski definition) is 3. The summed E-state index contributed by atoms with van der Waals surface area (Å²) >= 11 is 0. The monoisotopic (exact) mass is 269 g/mol. The van der Waals surface area contributed by atoms with Gasteiger partial charge in [0.2, 0.25) is 5.91 Å². The molecule has 1 fully saturated rings. The zero-order valence-electron chi connectivity index (χ0n) is 13.0. The Morgan fingerprint density at radius 2 is 2.21 bits per heavy atom. The van der Waals surface area contributed by atoms with Crippen LogP contribution in [0.1, 0.15) is 47.0 Å². The van der Waals surface area contributed by atoms with Crippen LogP contribution in [0.3, 0.4) is 0 Å². The van der Waals surface area contributed by atoms with Gasteiger partial charge in [-0.25, -0.2) is 0 Å². The predicted molar refractivity (Wildman–Crippen MR) is 79.9 cm³/mol. The molecule has 0 aromatic carbocycles. The maximum Gasteiger partial charge on any atom is 0.224 e. The molecule has 1 heterocycles. The molecule has 2 unspecified atom stereocenters. The second-order valence-electron chi connectivity index (χ2n) is 6.53. The van der Waals surface area contributed by atoms with Gasteiger partial charge in [-0.15, -0.1) is 0 Å². The third-order valence-corrected chi connectivity index (χ3v) is 4.45. The number of carbonyl (C=O) groups is 1. The maximum atomic E-state index is 11.8. The molecule has 4 nitrogen and oxygen atoms in total. The maximum absolute atomic E-state index is 11.8. The average molecular weight is 269 g/mol. The number of amides is 1. The van der Waals surface area contributed by atoms with Crippen LogP contribution in [0.15, 0.2) is 0 Å². The first-order chi connectivity index (χ1) is 8.90. The first kappa shape index (κ1) is 16.4. The van der Waals surface area contributed by atoms with Gasteiger partial charge >= 0.3 is 0 Å². The van der Waals surface area contributed by atoms with Crippen molar-refractivity contribution >= 4 is 5.91 Å². The van der Waals surface area contributed by atoms with Crippen LogP contribution in [0.2, 0.25) is 0 Å². The lowest BCUT2D eigenvalue weighted by atomic mass is 9.91. The molecule has 2 atom stereocenters. The van der Waals surface area contributed by atoms with Crippen LogP contribution in [-0.4, -0.2) is 42.5 Å². The van der Waals surface area contributed by atoms with Crippen molar-refractivity contribution in [2.75, 3.05) is 26.2 Å². The second-order valence-corrected chi connectivity index (χ2v) is 6.53. The van der Waals surface area contributed by atoms with Gasteiger partial charge in [-0.3, -0.25) is 9.69 Å². The zero-order chi connectivity index (χ0) is 14.5. The molecule has 0 aromatic rings. The molecular weight excluding hydrogens is 238 g/mol. The van der Waals surface area contributed by atoms with Crippen molar-refractivity contribution in [3.63, 3.8) is 0 Å². The van der Waals surface area contributed by atoms with E-state index < -0.39 is 0 Å². The molecule has 3 N–H and O–H groups in total. The molecule has 0 aromatic heterocycles. The summed E-state index contributed by atoms with van der Waals surface area (Å²) in [7, 11) is 0. The number of carbonyl (C=O) groups excluding carboxylic acids is 1. The summed E-state index contributed by atoms with van der Waals surface area (Å²) in [4.78, 5) is 14.3. The van der Waals surface area contributed by atoms with Crippen molar-refractivity contribution in [1.82, 2.24) is 10.2 Å². The van der Waals surface area contributed by atoms with Crippen LogP contribution in [-0.2, 0) is 4.79 Å². The van der Waals surface area contributed by atoms with Crippen molar-refractivity contribution in [2.45, 2.75) is 52.5 Å². The summed E-state index contributed by atoms with van der Waals surface area (Å²) < 4.78 is 0. The fraction of sp³-hybridized carbons (Fsp3) is 0.933. The number of nitrogens with one attached hydrogen (secondary N) is 1. The van der Waals surface area contributed by atoms with E-state index in [1.807, 2.05) is 6.92 Å². The highest BCUT2D eigenvalue weighted by atomic mass is 16.1. The number of rotatable bonds is 6. The van der Waals surface area contributed by atoms with E-state index in [0.29, 0.717) is 13.1 Å². The molecule has 0 saturated carbocycles. The summed E-state index contributed by atoms with van der Waals surface area (Å²) in [5.74, 6) is 0.784. The fourth-order valence-corrected chi connectivity index (χ4v) is 2.64. The highest BCUT2D eigenvalue weighted by Gasteiger charge is 2.31. The minimum atomic E-state index is -0.0967. The summed E-state index contributed by atoms with van der Waals surface area (Å²) in [6.07, 6.45) is 3.87. The van der Waals surface area contributed by atoms with Crippen molar-refractivity contribution in [2.24, 2.45) is 17.6 Å².